The summed E-state index contributed by atoms with van der Waals surface area (Å²) in [5.74, 6) is -0.747. The zero-order valence-electron chi connectivity index (χ0n) is 29.1. The SMILES string of the molecule is CC.CNC(=O)c1cc(Oc2ccc(NC(C)=O)c(F)c2)ccn1.CNC(C=C(C)C)C(C)(C)C.Cc1ccc2ncccc2c1. The highest BCUT2D eigenvalue weighted by atomic mass is 19.1. The number of likely N-dealkylation sites (N-methyl/N-ethyl adjacent to an activating group) is 1. The third-order valence-electron chi connectivity index (χ3n) is 6.18. The molecule has 46 heavy (non-hydrogen) atoms. The first-order valence-corrected chi connectivity index (χ1v) is 15.3. The Morgan fingerprint density at radius 3 is 2.11 bits per heavy atom. The lowest BCUT2D eigenvalue weighted by atomic mass is 9.86. The van der Waals surface area contributed by atoms with E-state index in [1.807, 2.05) is 39.2 Å². The van der Waals surface area contributed by atoms with E-state index in [1.165, 1.54) is 54.9 Å². The summed E-state index contributed by atoms with van der Waals surface area (Å²) < 4.78 is 19.3. The van der Waals surface area contributed by atoms with E-state index in [4.69, 9.17) is 4.74 Å². The summed E-state index contributed by atoms with van der Waals surface area (Å²) in [5.41, 5.74) is 4.30. The molecule has 0 aliphatic carbocycles. The predicted octanol–water partition coefficient (Wildman–Crippen LogP) is 8.49. The molecule has 2 aromatic heterocycles. The van der Waals surface area contributed by atoms with E-state index >= 15 is 0 Å². The number of aromatic nitrogens is 2. The first-order chi connectivity index (χ1) is 21.7. The molecule has 0 aliphatic heterocycles. The molecule has 4 aromatic rings. The number of aryl methyl sites for hydroxylation is 1. The zero-order chi connectivity index (χ0) is 34.9. The van der Waals surface area contributed by atoms with Crippen molar-refractivity contribution in [3.05, 3.63) is 102 Å². The van der Waals surface area contributed by atoms with Crippen LogP contribution in [0, 0.1) is 18.2 Å². The standard InChI is InChI=1S/C15H14FN3O3.C10H9N.C10H21N.C2H6/c1-9(20)19-13-4-3-10(7-12(13)16)22-11-5-6-18-14(8-11)15(21)17-2;1-8-4-5-10-9(7-8)3-2-6-11-10;1-8(2)7-9(11-6)10(3,4)5;1-2/h3-8H,1-2H3,(H,17,21)(H,19,20);2-7H,1H3;7,9,11H,1-6H3;1-2H3. The minimum atomic E-state index is -0.617. The normalized spacial score (nSPS) is 10.8. The molecule has 0 saturated heterocycles. The summed E-state index contributed by atoms with van der Waals surface area (Å²) >= 11 is 0. The molecule has 0 aliphatic rings. The quantitative estimate of drug-likeness (QED) is 0.184. The molecule has 0 fully saturated rings. The lowest BCUT2D eigenvalue weighted by Crippen LogP contribution is -2.36. The number of ether oxygens (including phenoxy) is 1. The van der Waals surface area contributed by atoms with Gasteiger partial charge in [0.15, 0.2) is 0 Å². The molecule has 4 rings (SSSR count). The van der Waals surface area contributed by atoms with Gasteiger partial charge >= 0.3 is 0 Å². The van der Waals surface area contributed by atoms with Gasteiger partial charge in [0, 0.05) is 49.9 Å². The Morgan fingerprint density at radius 2 is 1.57 bits per heavy atom. The van der Waals surface area contributed by atoms with Crippen LogP contribution < -0.4 is 20.7 Å². The van der Waals surface area contributed by atoms with Crippen molar-refractivity contribution in [3.8, 4) is 11.5 Å². The van der Waals surface area contributed by atoms with Crippen LogP contribution in [0.3, 0.4) is 0 Å². The number of hydrogen-bond acceptors (Lipinski definition) is 6. The minimum Gasteiger partial charge on any atom is -0.457 e. The summed E-state index contributed by atoms with van der Waals surface area (Å²) in [5, 5.41) is 9.33. The van der Waals surface area contributed by atoms with Crippen LogP contribution in [0.4, 0.5) is 10.1 Å². The molecular weight excluding hydrogens is 581 g/mol. The topological polar surface area (TPSA) is 105 Å². The predicted molar refractivity (Wildman–Crippen MR) is 188 cm³/mol. The van der Waals surface area contributed by atoms with Gasteiger partial charge in [0.05, 0.1) is 11.2 Å². The average molecular weight is 632 g/mol. The number of anilines is 1. The maximum atomic E-state index is 13.8. The zero-order valence-corrected chi connectivity index (χ0v) is 29.1. The number of halogens is 1. The summed E-state index contributed by atoms with van der Waals surface area (Å²) in [6.45, 7) is 18.4. The van der Waals surface area contributed by atoms with E-state index in [1.54, 1.807) is 6.07 Å². The first-order valence-electron chi connectivity index (χ1n) is 15.3. The van der Waals surface area contributed by atoms with Gasteiger partial charge in [-0.05, 0) is 69.6 Å². The Kier molecular flexibility index (Phi) is 16.9. The molecule has 8 nitrogen and oxygen atoms in total. The fraction of sp³-hybridized carbons (Fsp3) is 0.351. The van der Waals surface area contributed by atoms with Crippen molar-refractivity contribution in [2.24, 2.45) is 5.41 Å². The molecule has 248 valence electrons. The third kappa shape index (κ3) is 14.0. The van der Waals surface area contributed by atoms with Crippen molar-refractivity contribution in [2.45, 2.75) is 68.4 Å². The number of pyridine rings is 2. The van der Waals surface area contributed by atoms with Gasteiger partial charge in [-0.1, -0.05) is 64.0 Å². The van der Waals surface area contributed by atoms with Crippen molar-refractivity contribution >= 4 is 28.4 Å². The maximum Gasteiger partial charge on any atom is 0.269 e. The number of nitrogens with one attached hydrogen (secondary N) is 3. The maximum absolute atomic E-state index is 13.8. The number of fused-ring (bicyclic) bond motifs is 1. The molecule has 1 unspecified atom stereocenters. The second kappa shape index (κ2) is 19.7. The van der Waals surface area contributed by atoms with Crippen LogP contribution in [0.1, 0.15) is 71.4 Å². The highest BCUT2D eigenvalue weighted by molar-refractivity contribution is 5.92. The summed E-state index contributed by atoms with van der Waals surface area (Å²) in [6.07, 6.45) is 5.51. The summed E-state index contributed by atoms with van der Waals surface area (Å²) in [4.78, 5) is 30.5. The van der Waals surface area contributed by atoms with Crippen molar-refractivity contribution in [3.63, 3.8) is 0 Å². The van der Waals surface area contributed by atoms with Crippen molar-refractivity contribution in [1.82, 2.24) is 20.6 Å². The van der Waals surface area contributed by atoms with E-state index in [0.717, 1.165) is 11.6 Å². The van der Waals surface area contributed by atoms with E-state index in [-0.39, 0.29) is 28.9 Å². The molecule has 2 amide bonds. The Bertz CT molecular complexity index is 1580. The fourth-order valence-electron chi connectivity index (χ4n) is 4.01. The second-order valence-electron chi connectivity index (χ2n) is 11.5. The molecule has 2 heterocycles. The van der Waals surface area contributed by atoms with E-state index in [9.17, 15) is 14.0 Å². The highest BCUT2D eigenvalue weighted by Gasteiger charge is 2.20. The number of carbonyl (C=O) groups excluding carboxylic acids is 2. The van der Waals surface area contributed by atoms with Crippen LogP contribution in [0.2, 0.25) is 0 Å². The molecule has 0 saturated carbocycles. The van der Waals surface area contributed by atoms with Gasteiger partial charge in [-0.2, -0.15) is 0 Å². The van der Waals surface area contributed by atoms with Crippen molar-refractivity contribution in [1.29, 1.82) is 0 Å². The van der Waals surface area contributed by atoms with E-state index in [0.29, 0.717) is 17.2 Å². The monoisotopic (exact) mass is 631 g/mol. The van der Waals surface area contributed by atoms with Crippen molar-refractivity contribution < 1.29 is 18.7 Å². The molecular formula is C37H50FN5O3. The highest BCUT2D eigenvalue weighted by Crippen LogP contribution is 2.26. The number of rotatable bonds is 6. The molecule has 0 radical (unpaired) electrons. The summed E-state index contributed by atoms with van der Waals surface area (Å²) in [6, 6.07) is 17.8. The van der Waals surface area contributed by atoms with E-state index in [2.05, 4.69) is 91.7 Å². The lowest BCUT2D eigenvalue weighted by Gasteiger charge is -2.28. The molecule has 0 bridgehead atoms. The summed E-state index contributed by atoms with van der Waals surface area (Å²) in [7, 11) is 3.50. The molecule has 0 spiro atoms. The number of nitrogens with zero attached hydrogens (tertiary/aromatic N) is 2. The number of amides is 2. The Labute approximate surface area is 273 Å². The Balaban J connectivity index is 0.000000370. The van der Waals surface area contributed by atoms with Crippen LogP contribution in [-0.2, 0) is 4.79 Å². The van der Waals surface area contributed by atoms with Gasteiger partial charge in [-0.3, -0.25) is 19.6 Å². The van der Waals surface area contributed by atoms with Crippen LogP contribution in [0.5, 0.6) is 11.5 Å². The largest absolute Gasteiger partial charge is 0.457 e. The molecule has 2 aromatic carbocycles. The molecule has 1 atom stereocenters. The molecule has 9 heteroatoms. The lowest BCUT2D eigenvalue weighted by molar-refractivity contribution is -0.114. The Hall–Kier alpha value is -4.63. The van der Waals surface area contributed by atoms with Gasteiger partial charge in [0.1, 0.15) is 23.0 Å². The number of benzene rings is 2. The van der Waals surface area contributed by atoms with Gasteiger partial charge in [-0.15, -0.1) is 0 Å². The Morgan fingerprint density at radius 1 is 0.891 bits per heavy atom. The first kappa shape index (κ1) is 39.4. The molecule has 3 N–H and O–H groups in total. The smallest absolute Gasteiger partial charge is 0.269 e. The number of allylic oxidation sites excluding steroid dienone is 1. The number of hydrogen-bond donors (Lipinski definition) is 3. The van der Waals surface area contributed by atoms with Crippen LogP contribution in [0.25, 0.3) is 10.9 Å². The van der Waals surface area contributed by atoms with Gasteiger partial charge < -0.3 is 20.7 Å². The van der Waals surface area contributed by atoms with Gasteiger partial charge in [0.2, 0.25) is 5.91 Å². The number of carbonyl (C=O) groups is 2. The average Bonchev–Trinajstić information content (AvgIpc) is 3.01. The minimum absolute atomic E-state index is 0.0700. The third-order valence-corrected chi connectivity index (χ3v) is 6.18. The second-order valence-corrected chi connectivity index (χ2v) is 11.5. The van der Waals surface area contributed by atoms with Crippen LogP contribution >= 0.6 is 0 Å². The van der Waals surface area contributed by atoms with Crippen LogP contribution in [-0.4, -0.2) is 41.9 Å². The van der Waals surface area contributed by atoms with E-state index < -0.39 is 5.82 Å². The fourth-order valence-corrected chi connectivity index (χ4v) is 4.01. The van der Waals surface area contributed by atoms with Crippen molar-refractivity contribution in [2.75, 3.05) is 19.4 Å². The van der Waals surface area contributed by atoms with Gasteiger partial charge in [0.25, 0.3) is 5.91 Å². The van der Waals surface area contributed by atoms with Crippen LogP contribution in [0.15, 0.2) is 84.7 Å². The van der Waals surface area contributed by atoms with Gasteiger partial charge in [-0.25, -0.2) is 4.39 Å².